The Labute approximate surface area is 160 Å². The molecule has 2 heterocycles. The lowest BCUT2D eigenvalue weighted by Crippen LogP contribution is -2.28. The van der Waals surface area contributed by atoms with Crippen molar-refractivity contribution in [3.63, 3.8) is 0 Å². The molecular weight excluding hydrogens is 362 g/mol. The van der Waals surface area contributed by atoms with Gasteiger partial charge in [-0.15, -0.1) is 0 Å². The molecule has 0 unspecified atom stereocenters. The summed E-state index contributed by atoms with van der Waals surface area (Å²) >= 11 is 0. The summed E-state index contributed by atoms with van der Waals surface area (Å²) in [5.74, 6) is 1.44. The Hall–Kier alpha value is -4.08. The highest BCUT2D eigenvalue weighted by atomic mass is 16.6. The predicted octanol–water partition coefficient (Wildman–Crippen LogP) is 2.37. The van der Waals surface area contributed by atoms with Crippen LogP contribution in [0.5, 0.6) is 0 Å². The number of aromatic nitrogens is 3. The molecule has 0 aliphatic rings. The van der Waals surface area contributed by atoms with Crippen molar-refractivity contribution in [1.82, 2.24) is 20.3 Å². The van der Waals surface area contributed by atoms with Crippen molar-refractivity contribution >= 4 is 29.0 Å². The van der Waals surface area contributed by atoms with Gasteiger partial charge in [0.05, 0.1) is 4.92 Å². The molecule has 3 N–H and O–H groups in total. The number of hydrogen-bond acceptors (Lipinski definition) is 8. The number of nitro benzene ring substituents is 1. The molecule has 0 bridgehead atoms. The van der Waals surface area contributed by atoms with Gasteiger partial charge in [-0.05, 0) is 18.2 Å². The van der Waals surface area contributed by atoms with Crippen LogP contribution in [0.3, 0.4) is 0 Å². The van der Waals surface area contributed by atoms with E-state index in [9.17, 15) is 14.9 Å². The molecule has 1 aromatic carbocycles. The van der Waals surface area contributed by atoms with Crippen LogP contribution >= 0.6 is 0 Å². The number of carbonyl (C=O) groups is 1. The monoisotopic (exact) mass is 379 g/mol. The molecule has 0 saturated carbocycles. The molecule has 0 radical (unpaired) electrons. The molecule has 0 spiro atoms. The van der Waals surface area contributed by atoms with Crippen LogP contribution in [-0.2, 0) is 0 Å². The van der Waals surface area contributed by atoms with Gasteiger partial charge in [-0.3, -0.25) is 14.9 Å². The summed E-state index contributed by atoms with van der Waals surface area (Å²) in [4.78, 5) is 34.7. The average molecular weight is 379 g/mol. The van der Waals surface area contributed by atoms with Gasteiger partial charge >= 0.3 is 0 Å². The normalized spacial score (nSPS) is 10.1. The second-order valence-electron chi connectivity index (χ2n) is 5.62. The fourth-order valence-corrected chi connectivity index (χ4v) is 2.32. The Bertz CT molecular complexity index is 966. The number of nitrogens with zero attached hydrogens (tertiary/aromatic N) is 4. The quantitative estimate of drug-likeness (QED) is 0.308. The molecule has 3 aromatic rings. The largest absolute Gasteiger partial charge is 0.368 e. The number of nitro groups is 1. The maximum atomic E-state index is 12.1. The van der Waals surface area contributed by atoms with Gasteiger partial charge < -0.3 is 16.0 Å². The van der Waals surface area contributed by atoms with E-state index < -0.39 is 4.92 Å². The van der Waals surface area contributed by atoms with Crippen LogP contribution in [0.1, 0.15) is 10.4 Å². The lowest BCUT2D eigenvalue weighted by Gasteiger charge is -2.09. The number of non-ortho nitro benzene ring substituents is 1. The van der Waals surface area contributed by atoms with Gasteiger partial charge in [-0.25, -0.2) is 15.0 Å². The molecule has 3 rings (SSSR count). The van der Waals surface area contributed by atoms with Gasteiger partial charge in [0.2, 0.25) is 0 Å². The van der Waals surface area contributed by atoms with E-state index >= 15 is 0 Å². The van der Waals surface area contributed by atoms with Crippen molar-refractivity contribution < 1.29 is 9.72 Å². The van der Waals surface area contributed by atoms with Crippen LogP contribution in [0.25, 0.3) is 0 Å². The molecule has 0 saturated heterocycles. The van der Waals surface area contributed by atoms with Gasteiger partial charge in [0.15, 0.2) is 0 Å². The van der Waals surface area contributed by atoms with Crippen LogP contribution in [-0.4, -0.2) is 38.9 Å². The van der Waals surface area contributed by atoms with Crippen LogP contribution in [0.15, 0.2) is 61.1 Å². The van der Waals surface area contributed by atoms with Crippen LogP contribution in [0.2, 0.25) is 0 Å². The maximum Gasteiger partial charge on any atom is 0.270 e. The summed E-state index contributed by atoms with van der Waals surface area (Å²) in [6.07, 6.45) is 3.09. The molecule has 1 amide bonds. The minimum absolute atomic E-state index is 0.125. The number of amides is 1. The van der Waals surface area contributed by atoms with Gasteiger partial charge in [0, 0.05) is 43.0 Å². The Morgan fingerprint density at radius 2 is 1.82 bits per heavy atom. The fraction of sp³-hybridized carbons (Fsp3) is 0.111. The first-order valence-electron chi connectivity index (χ1n) is 8.38. The van der Waals surface area contributed by atoms with Crippen molar-refractivity contribution in [2.75, 3.05) is 23.7 Å². The van der Waals surface area contributed by atoms with Crippen molar-refractivity contribution in [3.8, 4) is 0 Å². The van der Waals surface area contributed by atoms with Gasteiger partial charge in [0.1, 0.15) is 23.8 Å². The number of carbonyl (C=O) groups excluding carboxylic acids is 1. The molecule has 0 aliphatic heterocycles. The van der Waals surface area contributed by atoms with Crippen LogP contribution < -0.4 is 16.0 Å². The first-order valence-corrected chi connectivity index (χ1v) is 8.38. The third kappa shape index (κ3) is 5.21. The molecule has 2 aromatic heterocycles. The summed E-state index contributed by atoms with van der Waals surface area (Å²) < 4.78 is 0. The Morgan fingerprint density at radius 1 is 0.964 bits per heavy atom. The van der Waals surface area contributed by atoms with Gasteiger partial charge in [0.25, 0.3) is 11.6 Å². The van der Waals surface area contributed by atoms with E-state index in [0.29, 0.717) is 30.5 Å². The van der Waals surface area contributed by atoms with E-state index in [0.717, 1.165) is 0 Å². The minimum Gasteiger partial charge on any atom is -0.368 e. The number of pyridine rings is 1. The third-order valence-electron chi connectivity index (χ3n) is 3.62. The Balaban J connectivity index is 1.49. The summed E-state index contributed by atoms with van der Waals surface area (Å²) in [7, 11) is 0. The zero-order valence-electron chi connectivity index (χ0n) is 14.7. The van der Waals surface area contributed by atoms with Gasteiger partial charge in [-0.2, -0.15) is 0 Å². The fourth-order valence-electron chi connectivity index (χ4n) is 2.32. The summed E-state index contributed by atoms with van der Waals surface area (Å²) in [5.41, 5.74) is 0.109. The topological polar surface area (TPSA) is 135 Å². The SMILES string of the molecule is O=C(NCCNc1cc(Nc2ccccn2)ncn1)c1cccc([N+](=O)[O-])c1. The maximum absolute atomic E-state index is 12.1. The number of benzene rings is 1. The van der Waals surface area contributed by atoms with E-state index in [2.05, 4.69) is 30.9 Å². The molecular formula is C18H17N7O3. The first kappa shape index (κ1) is 18.7. The molecule has 0 fully saturated rings. The van der Waals surface area contributed by atoms with Crippen molar-refractivity contribution in [3.05, 3.63) is 76.7 Å². The van der Waals surface area contributed by atoms with E-state index in [4.69, 9.17) is 0 Å². The number of nitrogens with one attached hydrogen (secondary N) is 3. The summed E-state index contributed by atoms with van der Waals surface area (Å²) in [5, 5.41) is 19.6. The molecule has 10 heteroatoms. The van der Waals surface area contributed by atoms with Crippen LogP contribution in [0, 0.1) is 10.1 Å². The summed E-state index contributed by atoms with van der Waals surface area (Å²) in [6, 6.07) is 12.8. The minimum atomic E-state index is -0.538. The van der Waals surface area contributed by atoms with Crippen molar-refractivity contribution in [1.29, 1.82) is 0 Å². The molecule has 142 valence electrons. The van der Waals surface area contributed by atoms with E-state index in [1.807, 2.05) is 18.2 Å². The van der Waals surface area contributed by atoms with E-state index in [1.165, 1.54) is 30.6 Å². The van der Waals surface area contributed by atoms with Gasteiger partial charge in [-0.1, -0.05) is 12.1 Å². The average Bonchev–Trinajstić information content (AvgIpc) is 2.72. The second-order valence-corrected chi connectivity index (χ2v) is 5.62. The smallest absolute Gasteiger partial charge is 0.270 e. The standard InChI is InChI=1S/C18H17N7O3/c26-18(13-4-3-5-14(10-13)25(27)28)21-9-8-20-16-11-17(23-12-22-16)24-15-6-1-2-7-19-15/h1-7,10-12H,8-9H2,(H,21,26)(H2,19,20,22,23,24). The molecule has 0 atom stereocenters. The molecule has 28 heavy (non-hydrogen) atoms. The van der Waals surface area contributed by atoms with Crippen LogP contribution in [0.4, 0.5) is 23.1 Å². The highest BCUT2D eigenvalue weighted by Crippen LogP contribution is 2.14. The highest BCUT2D eigenvalue weighted by molar-refractivity contribution is 5.94. The third-order valence-corrected chi connectivity index (χ3v) is 3.62. The number of anilines is 3. The predicted molar refractivity (Wildman–Crippen MR) is 103 cm³/mol. The van der Waals surface area contributed by atoms with Crippen molar-refractivity contribution in [2.24, 2.45) is 0 Å². The molecule has 0 aliphatic carbocycles. The lowest BCUT2D eigenvalue weighted by molar-refractivity contribution is -0.384. The molecule has 10 nitrogen and oxygen atoms in total. The summed E-state index contributed by atoms with van der Waals surface area (Å²) in [6.45, 7) is 0.731. The zero-order valence-corrected chi connectivity index (χ0v) is 14.7. The Kier molecular flexibility index (Phi) is 6.03. The highest BCUT2D eigenvalue weighted by Gasteiger charge is 2.10. The number of hydrogen-bond donors (Lipinski definition) is 3. The van der Waals surface area contributed by atoms with E-state index in [1.54, 1.807) is 12.3 Å². The number of rotatable bonds is 8. The Morgan fingerprint density at radius 3 is 2.61 bits per heavy atom. The zero-order chi connectivity index (χ0) is 19.8. The first-order chi connectivity index (χ1) is 13.6. The second kappa shape index (κ2) is 9.03. The lowest BCUT2D eigenvalue weighted by atomic mass is 10.2. The van der Waals surface area contributed by atoms with Crippen molar-refractivity contribution in [2.45, 2.75) is 0 Å². The van der Waals surface area contributed by atoms with E-state index in [-0.39, 0.29) is 17.2 Å².